The minimum Gasteiger partial charge on any atom is -0.369 e. The Balaban J connectivity index is 1.55. The van der Waals surface area contributed by atoms with Gasteiger partial charge in [-0.2, -0.15) is 0 Å². The van der Waals surface area contributed by atoms with Gasteiger partial charge in [0.25, 0.3) is 0 Å². The third-order valence-corrected chi connectivity index (χ3v) is 6.35. The fourth-order valence-corrected chi connectivity index (χ4v) is 4.32. The Morgan fingerprint density at radius 2 is 1.75 bits per heavy atom. The number of aromatic nitrogens is 2. The van der Waals surface area contributed by atoms with Gasteiger partial charge in [-0.3, -0.25) is 0 Å². The maximum atomic E-state index is 12.4. The minimum absolute atomic E-state index is 0.278. The van der Waals surface area contributed by atoms with E-state index >= 15 is 0 Å². The molecule has 0 aliphatic carbocycles. The van der Waals surface area contributed by atoms with E-state index in [1.54, 1.807) is 12.1 Å². The Kier molecular flexibility index (Phi) is 6.85. The molecule has 0 bridgehead atoms. The molecule has 0 atom stereocenters. The molecule has 1 fully saturated rings. The van der Waals surface area contributed by atoms with Gasteiger partial charge in [-0.05, 0) is 50.3 Å². The van der Waals surface area contributed by atoms with E-state index in [0.717, 1.165) is 36.7 Å². The molecule has 2 heterocycles. The second kappa shape index (κ2) is 9.34. The quantitative estimate of drug-likeness (QED) is 0.659. The predicted molar refractivity (Wildman–Crippen MR) is 112 cm³/mol. The largest absolute Gasteiger partial charge is 0.369 e. The van der Waals surface area contributed by atoms with Crippen LogP contribution < -0.4 is 14.9 Å². The van der Waals surface area contributed by atoms with E-state index in [0.29, 0.717) is 12.4 Å². The summed E-state index contributed by atoms with van der Waals surface area (Å²) in [4.78, 5) is 11.5. The zero-order chi connectivity index (χ0) is 20.0. The van der Waals surface area contributed by atoms with Crippen molar-refractivity contribution in [2.75, 3.05) is 36.4 Å². The molecule has 152 valence electrons. The van der Waals surface area contributed by atoms with Crippen molar-refractivity contribution in [3.8, 4) is 0 Å². The number of piperidine rings is 1. The molecule has 1 saturated heterocycles. The van der Waals surface area contributed by atoms with Crippen molar-refractivity contribution in [2.24, 2.45) is 0 Å². The second-order valence-electron chi connectivity index (χ2n) is 7.03. The van der Waals surface area contributed by atoms with Gasteiger partial charge in [-0.25, -0.2) is 23.1 Å². The number of hydrogen-bond donors (Lipinski definition) is 2. The molecule has 2 aromatic rings. The van der Waals surface area contributed by atoms with Crippen molar-refractivity contribution < 1.29 is 8.42 Å². The zero-order valence-corrected chi connectivity index (χ0v) is 17.4. The van der Waals surface area contributed by atoms with Crippen molar-refractivity contribution in [1.82, 2.24) is 14.7 Å². The SMILES string of the molecule is CCc1ccc(S(=O)(=O)NCCNc2cc(N3CCCCC3)nc(C)n2)cc1. The highest BCUT2D eigenvalue weighted by Gasteiger charge is 2.15. The van der Waals surface area contributed by atoms with Crippen molar-refractivity contribution in [2.45, 2.75) is 44.4 Å². The summed E-state index contributed by atoms with van der Waals surface area (Å²) in [7, 11) is -3.50. The van der Waals surface area contributed by atoms with E-state index in [4.69, 9.17) is 0 Å². The summed E-state index contributed by atoms with van der Waals surface area (Å²) in [5.41, 5.74) is 1.12. The average molecular weight is 404 g/mol. The fourth-order valence-electron chi connectivity index (χ4n) is 3.29. The maximum absolute atomic E-state index is 12.4. The van der Waals surface area contributed by atoms with Crippen LogP contribution in [0.4, 0.5) is 11.6 Å². The molecule has 0 unspecified atom stereocenters. The van der Waals surface area contributed by atoms with E-state index in [-0.39, 0.29) is 11.4 Å². The topological polar surface area (TPSA) is 87.2 Å². The van der Waals surface area contributed by atoms with Gasteiger partial charge in [-0.15, -0.1) is 0 Å². The van der Waals surface area contributed by atoms with Gasteiger partial charge in [0, 0.05) is 32.2 Å². The molecule has 28 heavy (non-hydrogen) atoms. The summed E-state index contributed by atoms with van der Waals surface area (Å²) in [6.45, 7) is 6.68. The van der Waals surface area contributed by atoms with E-state index in [9.17, 15) is 8.42 Å². The van der Waals surface area contributed by atoms with Gasteiger partial charge in [-0.1, -0.05) is 19.1 Å². The highest BCUT2D eigenvalue weighted by atomic mass is 32.2. The monoisotopic (exact) mass is 403 g/mol. The number of nitrogens with one attached hydrogen (secondary N) is 2. The van der Waals surface area contributed by atoms with Crippen molar-refractivity contribution in [3.05, 3.63) is 41.7 Å². The molecule has 1 aromatic carbocycles. The van der Waals surface area contributed by atoms with Crippen LogP contribution in [0.2, 0.25) is 0 Å². The third-order valence-electron chi connectivity index (χ3n) is 4.87. The first kappa shape index (κ1) is 20.5. The lowest BCUT2D eigenvalue weighted by Crippen LogP contribution is -2.31. The lowest BCUT2D eigenvalue weighted by Gasteiger charge is -2.28. The highest BCUT2D eigenvalue weighted by molar-refractivity contribution is 7.89. The molecule has 1 aliphatic rings. The second-order valence-corrected chi connectivity index (χ2v) is 8.80. The van der Waals surface area contributed by atoms with Gasteiger partial charge in [0.05, 0.1) is 4.90 Å². The Bertz CT molecular complexity index is 878. The minimum atomic E-state index is -3.50. The number of aryl methyl sites for hydroxylation is 2. The van der Waals surface area contributed by atoms with Crippen LogP contribution in [0.3, 0.4) is 0 Å². The normalized spacial score (nSPS) is 14.9. The molecule has 7 nitrogen and oxygen atoms in total. The van der Waals surface area contributed by atoms with E-state index in [1.165, 1.54) is 19.3 Å². The Morgan fingerprint density at radius 3 is 2.43 bits per heavy atom. The third kappa shape index (κ3) is 5.42. The van der Waals surface area contributed by atoms with E-state index in [1.807, 2.05) is 32.0 Å². The van der Waals surface area contributed by atoms with Crippen LogP contribution >= 0.6 is 0 Å². The molecular weight excluding hydrogens is 374 g/mol. The zero-order valence-electron chi connectivity index (χ0n) is 16.6. The molecule has 0 spiro atoms. The van der Waals surface area contributed by atoms with Gasteiger partial charge >= 0.3 is 0 Å². The molecule has 0 radical (unpaired) electrons. The molecule has 0 saturated carbocycles. The van der Waals surface area contributed by atoms with Crippen LogP contribution in [0, 0.1) is 6.92 Å². The number of hydrogen-bond acceptors (Lipinski definition) is 6. The fraction of sp³-hybridized carbons (Fsp3) is 0.500. The van der Waals surface area contributed by atoms with E-state index in [2.05, 4.69) is 24.9 Å². The van der Waals surface area contributed by atoms with Gasteiger partial charge in [0.1, 0.15) is 17.5 Å². The number of benzene rings is 1. The molecule has 1 aliphatic heterocycles. The Morgan fingerprint density at radius 1 is 1.04 bits per heavy atom. The standard InChI is InChI=1S/C20H29N5O2S/c1-3-17-7-9-18(10-8-17)28(26,27)22-12-11-21-19-15-20(24-16(2)23-19)25-13-5-4-6-14-25/h7-10,15,22H,3-6,11-14H2,1-2H3,(H,21,23,24). The smallest absolute Gasteiger partial charge is 0.240 e. The summed E-state index contributed by atoms with van der Waals surface area (Å²) < 4.78 is 27.4. The Labute approximate surface area is 167 Å². The van der Waals surface area contributed by atoms with Crippen LogP contribution in [0.1, 0.15) is 37.6 Å². The number of sulfonamides is 1. The first-order chi connectivity index (χ1) is 13.5. The van der Waals surface area contributed by atoms with Crippen molar-refractivity contribution in [3.63, 3.8) is 0 Å². The lowest BCUT2D eigenvalue weighted by atomic mass is 10.1. The number of anilines is 2. The van der Waals surface area contributed by atoms with Gasteiger partial charge < -0.3 is 10.2 Å². The molecule has 2 N–H and O–H groups in total. The summed E-state index contributed by atoms with van der Waals surface area (Å²) in [5.74, 6) is 2.37. The van der Waals surface area contributed by atoms with Crippen molar-refractivity contribution >= 4 is 21.7 Å². The highest BCUT2D eigenvalue weighted by Crippen LogP contribution is 2.20. The van der Waals surface area contributed by atoms with Crippen LogP contribution in [-0.2, 0) is 16.4 Å². The van der Waals surface area contributed by atoms with Gasteiger partial charge in [0.2, 0.25) is 10.0 Å². The molecule has 3 rings (SSSR count). The van der Waals surface area contributed by atoms with Crippen molar-refractivity contribution in [1.29, 1.82) is 0 Å². The average Bonchev–Trinajstić information content (AvgIpc) is 2.71. The number of nitrogens with zero attached hydrogens (tertiary/aromatic N) is 3. The van der Waals surface area contributed by atoms with Crippen LogP contribution in [0.5, 0.6) is 0 Å². The first-order valence-corrected chi connectivity index (χ1v) is 11.4. The molecule has 8 heteroatoms. The maximum Gasteiger partial charge on any atom is 0.240 e. The summed E-state index contributed by atoms with van der Waals surface area (Å²) >= 11 is 0. The van der Waals surface area contributed by atoms with Gasteiger partial charge in [0.15, 0.2) is 0 Å². The molecular formula is C20H29N5O2S. The lowest BCUT2D eigenvalue weighted by molar-refractivity contribution is 0.572. The van der Waals surface area contributed by atoms with Crippen LogP contribution in [-0.4, -0.2) is 44.6 Å². The number of rotatable bonds is 8. The first-order valence-electron chi connectivity index (χ1n) is 9.91. The van der Waals surface area contributed by atoms with E-state index < -0.39 is 10.0 Å². The van der Waals surface area contributed by atoms with Crippen LogP contribution in [0.15, 0.2) is 35.2 Å². The molecule has 1 aromatic heterocycles. The summed E-state index contributed by atoms with van der Waals surface area (Å²) in [5, 5.41) is 3.20. The predicted octanol–water partition coefficient (Wildman–Crippen LogP) is 2.73. The van der Waals surface area contributed by atoms with Crippen LogP contribution in [0.25, 0.3) is 0 Å². The molecule has 0 amide bonds. The summed E-state index contributed by atoms with van der Waals surface area (Å²) in [6.07, 6.45) is 4.53. The summed E-state index contributed by atoms with van der Waals surface area (Å²) in [6, 6.07) is 8.92. The Hall–Kier alpha value is -2.19.